The molecule has 0 N–H and O–H groups in total. The number of ether oxygens (including phenoxy) is 4. The first-order chi connectivity index (χ1) is 15.9. The van der Waals surface area contributed by atoms with Crippen molar-refractivity contribution in [1.29, 1.82) is 0 Å². The van der Waals surface area contributed by atoms with Gasteiger partial charge in [0.25, 0.3) is 5.91 Å². The standard InChI is InChI=1S/C24H23NO6S2/c1-28-13-12-25-23(27)21(33-24(25)32)15-17-6-10-19(20(14-17)30-3)31-22(26)11-7-16-4-8-18(29-2)9-5-16/h4-11,14-15H,12-13H2,1-3H3. The summed E-state index contributed by atoms with van der Waals surface area (Å²) in [5.74, 6) is 0.657. The molecule has 1 heterocycles. The first-order valence-corrected chi connectivity index (χ1v) is 11.1. The van der Waals surface area contributed by atoms with Crippen molar-refractivity contribution in [3.05, 3.63) is 64.6 Å². The number of carbonyl (C=O) groups excluding carboxylic acids is 2. The quantitative estimate of drug-likeness (QED) is 0.227. The van der Waals surface area contributed by atoms with Crippen molar-refractivity contribution in [2.75, 3.05) is 34.5 Å². The van der Waals surface area contributed by atoms with E-state index in [2.05, 4.69) is 0 Å². The summed E-state index contributed by atoms with van der Waals surface area (Å²) in [6, 6.07) is 12.3. The lowest BCUT2D eigenvalue weighted by Gasteiger charge is -2.13. The van der Waals surface area contributed by atoms with E-state index in [9.17, 15) is 9.59 Å². The number of thiocarbonyl (C=S) groups is 1. The van der Waals surface area contributed by atoms with Crippen molar-refractivity contribution in [1.82, 2.24) is 4.90 Å². The predicted molar refractivity (Wildman–Crippen MR) is 132 cm³/mol. The number of thioether (sulfide) groups is 1. The Morgan fingerprint density at radius 2 is 1.76 bits per heavy atom. The van der Waals surface area contributed by atoms with Gasteiger partial charge in [-0.15, -0.1) is 0 Å². The number of rotatable bonds is 9. The summed E-state index contributed by atoms with van der Waals surface area (Å²) < 4.78 is 21.4. The van der Waals surface area contributed by atoms with E-state index in [1.807, 2.05) is 12.1 Å². The van der Waals surface area contributed by atoms with E-state index in [4.69, 9.17) is 31.2 Å². The number of esters is 1. The minimum Gasteiger partial charge on any atom is -0.497 e. The SMILES string of the molecule is COCCN1C(=O)C(=Cc2ccc(OC(=O)C=Cc3ccc(OC)cc3)c(OC)c2)SC1=S. The van der Waals surface area contributed by atoms with E-state index in [1.165, 1.54) is 29.8 Å². The lowest BCUT2D eigenvalue weighted by molar-refractivity contribution is -0.129. The summed E-state index contributed by atoms with van der Waals surface area (Å²) in [6.45, 7) is 0.807. The number of amides is 1. The molecule has 1 aliphatic rings. The molecule has 1 saturated heterocycles. The molecule has 1 amide bonds. The summed E-state index contributed by atoms with van der Waals surface area (Å²) in [4.78, 5) is 26.9. The van der Waals surface area contributed by atoms with Crippen LogP contribution in [0, 0.1) is 0 Å². The number of hydrogen-bond acceptors (Lipinski definition) is 8. The van der Waals surface area contributed by atoms with Crippen molar-refractivity contribution < 1.29 is 28.5 Å². The van der Waals surface area contributed by atoms with Crippen molar-refractivity contribution >= 4 is 52.3 Å². The van der Waals surface area contributed by atoms with Crippen molar-refractivity contribution in [3.63, 3.8) is 0 Å². The molecular weight excluding hydrogens is 462 g/mol. The number of benzene rings is 2. The van der Waals surface area contributed by atoms with Gasteiger partial charge >= 0.3 is 5.97 Å². The van der Waals surface area contributed by atoms with Crippen LogP contribution < -0.4 is 14.2 Å². The monoisotopic (exact) mass is 485 g/mol. The van der Waals surface area contributed by atoms with Crippen molar-refractivity contribution in [2.24, 2.45) is 0 Å². The number of methoxy groups -OCH3 is 3. The van der Waals surface area contributed by atoms with Gasteiger partial charge in [-0.05, 0) is 47.5 Å². The number of nitrogens with zero attached hydrogens (tertiary/aromatic N) is 1. The van der Waals surface area contributed by atoms with Crippen LogP contribution in [0.5, 0.6) is 17.2 Å². The second kappa shape index (κ2) is 11.6. The molecule has 0 unspecified atom stereocenters. The minimum atomic E-state index is -0.545. The first-order valence-electron chi connectivity index (χ1n) is 9.91. The van der Waals surface area contributed by atoms with Gasteiger partial charge in [0, 0.05) is 13.2 Å². The Morgan fingerprint density at radius 1 is 1.03 bits per heavy atom. The first kappa shape index (κ1) is 24.5. The normalized spacial score (nSPS) is 14.9. The van der Waals surface area contributed by atoms with Crippen LogP contribution in [0.4, 0.5) is 0 Å². The molecule has 1 aliphatic heterocycles. The van der Waals surface area contributed by atoms with Crippen LogP contribution in [-0.2, 0) is 14.3 Å². The number of hydrogen-bond donors (Lipinski definition) is 0. The maximum Gasteiger partial charge on any atom is 0.336 e. The molecule has 1 fully saturated rings. The maximum absolute atomic E-state index is 12.6. The molecule has 9 heteroatoms. The van der Waals surface area contributed by atoms with E-state index in [-0.39, 0.29) is 11.7 Å². The third kappa shape index (κ3) is 6.44. The van der Waals surface area contributed by atoms with Gasteiger partial charge in [-0.2, -0.15) is 0 Å². The molecule has 2 aromatic rings. The molecule has 172 valence electrons. The van der Waals surface area contributed by atoms with Gasteiger partial charge in [0.1, 0.15) is 10.1 Å². The summed E-state index contributed by atoms with van der Waals surface area (Å²) in [7, 11) is 4.64. The zero-order chi connectivity index (χ0) is 23.8. The molecule has 7 nitrogen and oxygen atoms in total. The van der Waals surface area contributed by atoms with Gasteiger partial charge < -0.3 is 18.9 Å². The van der Waals surface area contributed by atoms with Gasteiger partial charge in [-0.1, -0.05) is 42.2 Å². The molecule has 33 heavy (non-hydrogen) atoms. The zero-order valence-electron chi connectivity index (χ0n) is 18.4. The highest BCUT2D eigenvalue weighted by Crippen LogP contribution is 2.34. The van der Waals surface area contributed by atoms with Crippen molar-refractivity contribution in [3.8, 4) is 17.2 Å². The largest absolute Gasteiger partial charge is 0.497 e. The topological polar surface area (TPSA) is 74.3 Å². The Bertz CT molecular complexity index is 1090. The van der Waals surface area contributed by atoms with Crippen LogP contribution in [0.3, 0.4) is 0 Å². The van der Waals surface area contributed by atoms with Crippen molar-refractivity contribution in [2.45, 2.75) is 0 Å². The average Bonchev–Trinajstić information content (AvgIpc) is 3.09. The second-order valence-corrected chi connectivity index (χ2v) is 8.44. The van der Waals surface area contributed by atoms with Crippen LogP contribution in [0.25, 0.3) is 12.2 Å². The molecule has 0 saturated carbocycles. The average molecular weight is 486 g/mol. The third-order valence-corrected chi connectivity index (χ3v) is 5.99. The van der Waals surface area contributed by atoms with E-state index in [0.29, 0.717) is 33.7 Å². The highest BCUT2D eigenvalue weighted by Gasteiger charge is 2.31. The fraction of sp³-hybridized carbons (Fsp3) is 0.208. The van der Waals surface area contributed by atoms with Gasteiger partial charge in [0.15, 0.2) is 11.5 Å². The van der Waals surface area contributed by atoms with Crippen LogP contribution >= 0.6 is 24.0 Å². The Morgan fingerprint density at radius 3 is 2.42 bits per heavy atom. The summed E-state index contributed by atoms with van der Waals surface area (Å²) in [5, 5.41) is 0. The number of carbonyl (C=O) groups is 2. The summed E-state index contributed by atoms with van der Waals surface area (Å²) in [6.07, 6.45) is 4.71. The molecule has 0 radical (unpaired) electrons. The fourth-order valence-electron chi connectivity index (χ4n) is 2.91. The van der Waals surface area contributed by atoms with Crippen LogP contribution in [0.2, 0.25) is 0 Å². The van der Waals surface area contributed by atoms with E-state index in [1.54, 1.807) is 56.7 Å². The van der Waals surface area contributed by atoms with Gasteiger partial charge in [-0.3, -0.25) is 9.69 Å². The lowest BCUT2D eigenvalue weighted by Crippen LogP contribution is -2.31. The van der Waals surface area contributed by atoms with Gasteiger partial charge in [0.05, 0.1) is 32.3 Å². The molecular formula is C24H23NO6S2. The summed E-state index contributed by atoms with van der Waals surface area (Å²) in [5.41, 5.74) is 1.55. The Kier molecular flexibility index (Phi) is 8.65. The van der Waals surface area contributed by atoms with Gasteiger partial charge in [0.2, 0.25) is 0 Å². The fourth-order valence-corrected chi connectivity index (χ4v) is 4.22. The van der Waals surface area contributed by atoms with Crippen LogP contribution in [0.15, 0.2) is 53.4 Å². The van der Waals surface area contributed by atoms with E-state index >= 15 is 0 Å². The highest BCUT2D eigenvalue weighted by atomic mass is 32.2. The molecule has 2 aromatic carbocycles. The molecule has 0 atom stereocenters. The molecule has 0 spiro atoms. The smallest absolute Gasteiger partial charge is 0.336 e. The molecule has 0 aliphatic carbocycles. The lowest BCUT2D eigenvalue weighted by atomic mass is 10.2. The van der Waals surface area contributed by atoms with E-state index < -0.39 is 5.97 Å². The third-order valence-electron chi connectivity index (χ3n) is 4.62. The summed E-state index contributed by atoms with van der Waals surface area (Å²) >= 11 is 6.52. The Hall–Kier alpha value is -3.14. The highest BCUT2D eigenvalue weighted by molar-refractivity contribution is 8.26. The van der Waals surface area contributed by atoms with E-state index in [0.717, 1.165) is 11.3 Å². The molecule has 0 bridgehead atoms. The maximum atomic E-state index is 12.6. The minimum absolute atomic E-state index is 0.166. The second-order valence-electron chi connectivity index (χ2n) is 6.76. The van der Waals surface area contributed by atoms with Crippen LogP contribution in [-0.4, -0.2) is 55.6 Å². The zero-order valence-corrected chi connectivity index (χ0v) is 20.0. The molecule has 3 rings (SSSR count). The Labute approximate surface area is 202 Å². The van der Waals surface area contributed by atoms with Crippen LogP contribution in [0.1, 0.15) is 11.1 Å². The Balaban J connectivity index is 1.70. The van der Waals surface area contributed by atoms with Gasteiger partial charge in [-0.25, -0.2) is 4.79 Å². The molecule has 0 aromatic heterocycles. The predicted octanol–water partition coefficient (Wildman–Crippen LogP) is 4.17.